The first kappa shape index (κ1) is 16.2. The second kappa shape index (κ2) is 8.34. The Hall–Kier alpha value is -2.14. The van der Waals surface area contributed by atoms with Crippen LogP contribution >= 0.6 is 0 Å². The van der Waals surface area contributed by atoms with Crippen molar-refractivity contribution in [2.75, 3.05) is 32.7 Å². The Morgan fingerprint density at radius 3 is 2.55 bits per heavy atom. The summed E-state index contributed by atoms with van der Waals surface area (Å²) in [7, 11) is 0. The van der Waals surface area contributed by atoms with Crippen molar-refractivity contribution in [3.63, 3.8) is 0 Å². The lowest BCUT2D eigenvalue weighted by Gasteiger charge is -2.25. The lowest BCUT2D eigenvalue weighted by Crippen LogP contribution is -2.43. The van der Waals surface area contributed by atoms with Gasteiger partial charge in [0.25, 0.3) is 0 Å². The van der Waals surface area contributed by atoms with Gasteiger partial charge >= 0.3 is 0 Å². The molecule has 0 saturated carbocycles. The molecule has 0 atom stereocenters. The minimum atomic E-state index is -0.152. The molecule has 0 aromatic heterocycles. The fourth-order valence-corrected chi connectivity index (χ4v) is 2.47. The van der Waals surface area contributed by atoms with Gasteiger partial charge in [-0.3, -0.25) is 14.5 Å². The first-order chi connectivity index (χ1) is 10.7. The zero-order chi connectivity index (χ0) is 15.8. The maximum Gasteiger partial charge on any atom is 0.239 e. The molecule has 118 valence electrons. The number of hydrogen-bond donors (Lipinski definition) is 2. The molecule has 0 aliphatic carbocycles. The van der Waals surface area contributed by atoms with E-state index in [0.29, 0.717) is 13.1 Å². The van der Waals surface area contributed by atoms with E-state index >= 15 is 0 Å². The molecule has 0 fully saturated rings. The van der Waals surface area contributed by atoms with E-state index in [-0.39, 0.29) is 18.4 Å². The molecule has 5 heteroatoms. The Balaban J connectivity index is 1.76. The van der Waals surface area contributed by atoms with Gasteiger partial charge < -0.3 is 10.6 Å². The van der Waals surface area contributed by atoms with Crippen molar-refractivity contribution in [3.8, 4) is 0 Å². The van der Waals surface area contributed by atoms with Crippen LogP contribution in [0.2, 0.25) is 0 Å². The SMILES string of the molecule is CCNC(=O)CNC(=O)CN1CC=C(c2ccccc2)CC1. The molecule has 0 spiro atoms. The number of carbonyl (C=O) groups excluding carboxylic acids is 2. The van der Waals surface area contributed by atoms with E-state index in [1.165, 1.54) is 11.1 Å². The maximum atomic E-state index is 11.8. The van der Waals surface area contributed by atoms with Gasteiger partial charge in [-0.05, 0) is 24.5 Å². The van der Waals surface area contributed by atoms with Crippen molar-refractivity contribution < 1.29 is 9.59 Å². The second-order valence-electron chi connectivity index (χ2n) is 5.31. The van der Waals surface area contributed by atoms with E-state index in [9.17, 15) is 9.59 Å². The van der Waals surface area contributed by atoms with Crippen molar-refractivity contribution in [1.29, 1.82) is 0 Å². The number of carbonyl (C=O) groups is 2. The number of amides is 2. The van der Waals surface area contributed by atoms with Crippen molar-refractivity contribution in [2.45, 2.75) is 13.3 Å². The number of nitrogens with one attached hydrogen (secondary N) is 2. The number of benzene rings is 1. The predicted octanol–water partition coefficient (Wildman–Crippen LogP) is 1.03. The first-order valence-electron chi connectivity index (χ1n) is 7.69. The third kappa shape index (κ3) is 5.00. The summed E-state index contributed by atoms with van der Waals surface area (Å²) >= 11 is 0. The zero-order valence-corrected chi connectivity index (χ0v) is 13.0. The third-order valence-electron chi connectivity index (χ3n) is 3.63. The third-order valence-corrected chi connectivity index (χ3v) is 3.63. The summed E-state index contributed by atoms with van der Waals surface area (Å²) in [6.45, 7) is 4.43. The Kier molecular flexibility index (Phi) is 6.15. The van der Waals surface area contributed by atoms with Crippen LogP contribution in [0.25, 0.3) is 5.57 Å². The Labute approximate surface area is 131 Å². The Bertz CT molecular complexity index is 540. The standard InChI is InChI=1S/C17H23N3O2/c1-2-18-16(21)12-19-17(22)13-20-10-8-15(9-11-20)14-6-4-3-5-7-14/h3-8H,2,9-13H2,1H3,(H,18,21)(H,19,22). The van der Waals surface area contributed by atoms with Gasteiger partial charge in [-0.15, -0.1) is 0 Å². The minimum absolute atomic E-state index is 0.0472. The molecule has 0 saturated heterocycles. The molecular weight excluding hydrogens is 278 g/mol. The van der Waals surface area contributed by atoms with Gasteiger partial charge in [0, 0.05) is 19.6 Å². The van der Waals surface area contributed by atoms with Crippen LogP contribution in [0.15, 0.2) is 36.4 Å². The van der Waals surface area contributed by atoms with Crippen molar-refractivity contribution in [1.82, 2.24) is 15.5 Å². The van der Waals surface area contributed by atoms with Crippen LogP contribution in [0.4, 0.5) is 0 Å². The predicted molar refractivity (Wildman–Crippen MR) is 87.2 cm³/mol. The highest BCUT2D eigenvalue weighted by atomic mass is 16.2. The summed E-state index contributed by atoms with van der Waals surface area (Å²) in [5, 5.41) is 5.30. The van der Waals surface area contributed by atoms with Gasteiger partial charge in [-0.1, -0.05) is 36.4 Å². The van der Waals surface area contributed by atoms with Crippen molar-refractivity contribution in [3.05, 3.63) is 42.0 Å². The number of nitrogens with zero attached hydrogens (tertiary/aromatic N) is 1. The van der Waals surface area contributed by atoms with Gasteiger partial charge in [0.2, 0.25) is 11.8 Å². The van der Waals surface area contributed by atoms with Crippen LogP contribution in [0.3, 0.4) is 0 Å². The summed E-state index contributed by atoms with van der Waals surface area (Å²) in [5.74, 6) is -0.261. The number of rotatable bonds is 6. The highest BCUT2D eigenvalue weighted by molar-refractivity contribution is 5.85. The average molecular weight is 301 g/mol. The van der Waals surface area contributed by atoms with Crippen LogP contribution in [-0.2, 0) is 9.59 Å². The molecule has 2 amide bonds. The highest BCUT2D eigenvalue weighted by Gasteiger charge is 2.15. The average Bonchev–Trinajstić information content (AvgIpc) is 2.55. The lowest BCUT2D eigenvalue weighted by atomic mass is 10.00. The molecule has 0 bridgehead atoms. The molecule has 1 aromatic carbocycles. The molecule has 1 aromatic rings. The summed E-state index contributed by atoms with van der Waals surface area (Å²) in [6, 6.07) is 10.3. The van der Waals surface area contributed by atoms with E-state index < -0.39 is 0 Å². The summed E-state index contributed by atoms with van der Waals surface area (Å²) < 4.78 is 0. The van der Waals surface area contributed by atoms with Crippen molar-refractivity contribution >= 4 is 17.4 Å². The molecule has 0 radical (unpaired) electrons. The number of likely N-dealkylation sites (N-methyl/N-ethyl adjacent to an activating group) is 1. The Morgan fingerprint density at radius 1 is 1.14 bits per heavy atom. The quantitative estimate of drug-likeness (QED) is 0.825. The van der Waals surface area contributed by atoms with Gasteiger partial charge in [-0.25, -0.2) is 0 Å². The molecule has 22 heavy (non-hydrogen) atoms. The lowest BCUT2D eigenvalue weighted by molar-refractivity contribution is -0.126. The minimum Gasteiger partial charge on any atom is -0.355 e. The topological polar surface area (TPSA) is 61.4 Å². The second-order valence-corrected chi connectivity index (χ2v) is 5.31. The molecule has 5 nitrogen and oxygen atoms in total. The van der Waals surface area contributed by atoms with Crippen LogP contribution in [0, 0.1) is 0 Å². The van der Waals surface area contributed by atoms with Gasteiger partial charge in [-0.2, -0.15) is 0 Å². The van der Waals surface area contributed by atoms with Gasteiger partial charge in [0.1, 0.15) is 0 Å². The van der Waals surface area contributed by atoms with E-state index in [2.05, 4.69) is 33.7 Å². The van der Waals surface area contributed by atoms with Crippen molar-refractivity contribution in [2.24, 2.45) is 0 Å². The Morgan fingerprint density at radius 2 is 1.91 bits per heavy atom. The van der Waals surface area contributed by atoms with E-state index in [0.717, 1.165) is 19.5 Å². The smallest absolute Gasteiger partial charge is 0.239 e. The summed E-state index contributed by atoms with van der Waals surface area (Å²) in [5.41, 5.74) is 2.59. The molecule has 2 rings (SSSR count). The molecule has 1 heterocycles. The molecule has 0 unspecified atom stereocenters. The summed E-state index contributed by atoms with van der Waals surface area (Å²) in [6.07, 6.45) is 3.11. The van der Waals surface area contributed by atoms with E-state index in [1.54, 1.807) is 0 Å². The van der Waals surface area contributed by atoms with Gasteiger partial charge in [0.05, 0.1) is 13.1 Å². The van der Waals surface area contributed by atoms with Crippen LogP contribution in [0.5, 0.6) is 0 Å². The normalized spacial score (nSPS) is 15.0. The number of hydrogen-bond acceptors (Lipinski definition) is 3. The highest BCUT2D eigenvalue weighted by Crippen LogP contribution is 2.21. The van der Waals surface area contributed by atoms with E-state index in [4.69, 9.17) is 0 Å². The molecule has 1 aliphatic heterocycles. The maximum absolute atomic E-state index is 11.8. The fraction of sp³-hybridized carbons (Fsp3) is 0.412. The largest absolute Gasteiger partial charge is 0.355 e. The zero-order valence-electron chi connectivity index (χ0n) is 13.0. The first-order valence-corrected chi connectivity index (χ1v) is 7.69. The molecule has 1 aliphatic rings. The van der Waals surface area contributed by atoms with Gasteiger partial charge in [0.15, 0.2) is 0 Å². The fourth-order valence-electron chi connectivity index (χ4n) is 2.47. The monoisotopic (exact) mass is 301 g/mol. The van der Waals surface area contributed by atoms with Crippen LogP contribution in [-0.4, -0.2) is 49.4 Å². The molecular formula is C17H23N3O2. The summed E-state index contributed by atoms with van der Waals surface area (Å²) in [4.78, 5) is 25.2. The van der Waals surface area contributed by atoms with E-state index in [1.807, 2.05) is 25.1 Å². The van der Waals surface area contributed by atoms with Crippen LogP contribution < -0.4 is 10.6 Å². The van der Waals surface area contributed by atoms with Crippen LogP contribution in [0.1, 0.15) is 18.9 Å². The molecule has 2 N–H and O–H groups in total.